The molecule has 0 aliphatic carbocycles. The fraction of sp³-hybridized carbons (Fsp3) is 0.357. The van der Waals surface area contributed by atoms with Crippen LogP contribution in [0.1, 0.15) is 24.6 Å². The molecular weight excluding hydrogens is 212 g/mol. The Bertz CT molecular complexity index is 529. The number of rotatable bonds is 3. The molecule has 1 heterocycles. The number of aromatic nitrogens is 2. The Morgan fingerprint density at radius 2 is 2.06 bits per heavy atom. The maximum Gasteiger partial charge on any atom is 0.164 e. The molecule has 0 radical (unpaired) electrons. The van der Waals surface area contributed by atoms with Crippen molar-refractivity contribution in [2.75, 3.05) is 0 Å². The zero-order chi connectivity index (χ0) is 12.4. The molecule has 2 aromatic rings. The molecular formula is C14H18N2O. The Balaban J connectivity index is 2.57. The molecule has 17 heavy (non-hydrogen) atoms. The van der Waals surface area contributed by atoms with Crippen molar-refractivity contribution < 1.29 is 5.11 Å². The van der Waals surface area contributed by atoms with Gasteiger partial charge in [0, 0.05) is 12.1 Å². The summed E-state index contributed by atoms with van der Waals surface area (Å²) in [5.41, 5.74) is 3.73. The van der Waals surface area contributed by atoms with Gasteiger partial charge in [-0.25, -0.2) is 0 Å². The van der Waals surface area contributed by atoms with Crippen LogP contribution in [-0.2, 0) is 6.54 Å². The van der Waals surface area contributed by atoms with Crippen molar-refractivity contribution in [1.29, 1.82) is 0 Å². The van der Waals surface area contributed by atoms with Crippen LogP contribution in [0.2, 0.25) is 0 Å². The molecule has 0 spiro atoms. The molecule has 3 nitrogen and oxygen atoms in total. The van der Waals surface area contributed by atoms with Crippen LogP contribution < -0.4 is 0 Å². The number of aryl methyl sites for hydroxylation is 3. The number of hydrogen-bond donors (Lipinski definition) is 1. The second-order valence-corrected chi connectivity index (χ2v) is 4.38. The summed E-state index contributed by atoms with van der Waals surface area (Å²) < 4.78 is 1.89. The molecule has 0 saturated carbocycles. The second-order valence-electron chi connectivity index (χ2n) is 4.38. The first-order chi connectivity index (χ1) is 8.13. The van der Waals surface area contributed by atoms with Gasteiger partial charge in [-0.15, -0.1) is 0 Å². The molecule has 1 aromatic heterocycles. The number of hydrogen-bond acceptors (Lipinski definition) is 2. The quantitative estimate of drug-likeness (QED) is 0.878. The summed E-state index contributed by atoms with van der Waals surface area (Å²) in [6, 6.07) is 8.13. The lowest BCUT2D eigenvalue weighted by Gasteiger charge is -2.07. The number of nitrogens with zero attached hydrogens (tertiary/aromatic N) is 2. The van der Waals surface area contributed by atoms with Gasteiger partial charge >= 0.3 is 0 Å². The van der Waals surface area contributed by atoms with Crippen molar-refractivity contribution >= 4 is 0 Å². The summed E-state index contributed by atoms with van der Waals surface area (Å²) in [5.74, 6) is 0.295. The fourth-order valence-corrected chi connectivity index (χ4v) is 2.02. The third-order valence-electron chi connectivity index (χ3n) is 2.82. The van der Waals surface area contributed by atoms with Gasteiger partial charge < -0.3 is 5.11 Å². The van der Waals surface area contributed by atoms with Gasteiger partial charge in [0.25, 0.3) is 0 Å². The van der Waals surface area contributed by atoms with Crippen LogP contribution in [0.4, 0.5) is 0 Å². The molecule has 0 unspecified atom stereocenters. The van der Waals surface area contributed by atoms with Gasteiger partial charge in [-0.1, -0.05) is 30.7 Å². The zero-order valence-corrected chi connectivity index (χ0v) is 10.6. The minimum atomic E-state index is 0.295. The smallest absolute Gasteiger partial charge is 0.164 e. The van der Waals surface area contributed by atoms with E-state index in [1.807, 2.05) is 36.7 Å². The lowest BCUT2D eigenvalue weighted by atomic mass is 10.1. The van der Waals surface area contributed by atoms with E-state index in [1.54, 1.807) is 0 Å². The molecule has 1 aromatic carbocycles. The normalized spacial score (nSPS) is 10.8. The van der Waals surface area contributed by atoms with E-state index in [9.17, 15) is 5.11 Å². The zero-order valence-electron chi connectivity index (χ0n) is 10.6. The van der Waals surface area contributed by atoms with E-state index in [0.717, 1.165) is 24.2 Å². The van der Waals surface area contributed by atoms with Gasteiger partial charge in [0.05, 0.1) is 0 Å². The maximum absolute atomic E-state index is 10.1. The van der Waals surface area contributed by atoms with Crippen LogP contribution in [-0.4, -0.2) is 14.9 Å². The molecule has 0 aliphatic heterocycles. The van der Waals surface area contributed by atoms with Crippen molar-refractivity contribution in [2.24, 2.45) is 0 Å². The molecule has 3 heteroatoms. The average Bonchev–Trinajstić information content (AvgIpc) is 2.55. The van der Waals surface area contributed by atoms with E-state index in [4.69, 9.17) is 0 Å². The van der Waals surface area contributed by atoms with Gasteiger partial charge in [0.2, 0.25) is 0 Å². The Kier molecular flexibility index (Phi) is 3.18. The maximum atomic E-state index is 10.1. The largest absolute Gasteiger partial charge is 0.504 e. The first-order valence-corrected chi connectivity index (χ1v) is 5.97. The highest BCUT2D eigenvalue weighted by molar-refractivity contribution is 5.68. The van der Waals surface area contributed by atoms with E-state index in [0.29, 0.717) is 11.4 Å². The Morgan fingerprint density at radius 1 is 1.29 bits per heavy atom. The van der Waals surface area contributed by atoms with Crippen LogP contribution in [0.25, 0.3) is 11.3 Å². The summed E-state index contributed by atoms with van der Waals surface area (Å²) in [7, 11) is 0. The first kappa shape index (κ1) is 11.7. The van der Waals surface area contributed by atoms with E-state index >= 15 is 0 Å². The summed E-state index contributed by atoms with van der Waals surface area (Å²) >= 11 is 0. The Hall–Kier alpha value is -1.77. The minimum absolute atomic E-state index is 0.295. The van der Waals surface area contributed by atoms with Gasteiger partial charge in [-0.2, -0.15) is 5.10 Å². The van der Waals surface area contributed by atoms with Gasteiger partial charge in [0.15, 0.2) is 5.75 Å². The summed E-state index contributed by atoms with van der Waals surface area (Å²) in [5, 5.41) is 14.5. The molecule has 0 aliphatic rings. The molecule has 0 atom stereocenters. The standard InChI is InChI=1S/C14H18N2O/c1-4-8-16-13(14(17)11(3)15-16)12-7-5-6-10(2)9-12/h5-7,9,17H,4,8H2,1-3H3. The fourth-order valence-electron chi connectivity index (χ4n) is 2.02. The third-order valence-corrected chi connectivity index (χ3v) is 2.82. The summed E-state index contributed by atoms with van der Waals surface area (Å²) in [6.07, 6.45) is 0.999. The third kappa shape index (κ3) is 2.18. The number of benzene rings is 1. The molecule has 0 saturated heterocycles. The highest BCUT2D eigenvalue weighted by Gasteiger charge is 2.15. The monoisotopic (exact) mass is 230 g/mol. The van der Waals surface area contributed by atoms with Gasteiger partial charge in [-0.3, -0.25) is 4.68 Å². The molecule has 1 N–H and O–H groups in total. The molecule has 2 rings (SSSR count). The lowest BCUT2D eigenvalue weighted by Crippen LogP contribution is -2.01. The van der Waals surface area contributed by atoms with Crippen molar-refractivity contribution in [1.82, 2.24) is 9.78 Å². The SMILES string of the molecule is CCCn1nc(C)c(O)c1-c1cccc(C)c1. The topological polar surface area (TPSA) is 38.0 Å². The molecule has 0 bridgehead atoms. The average molecular weight is 230 g/mol. The van der Waals surface area contributed by atoms with E-state index in [2.05, 4.69) is 18.1 Å². The predicted octanol–water partition coefficient (Wildman–Crippen LogP) is 3.28. The molecule has 90 valence electrons. The van der Waals surface area contributed by atoms with E-state index in [-0.39, 0.29) is 0 Å². The van der Waals surface area contributed by atoms with Gasteiger partial charge in [-0.05, 0) is 26.3 Å². The van der Waals surface area contributed by atoms with Gasteiger partial charge in [0.1, 0.15) is 11.4 Å². The summed E-state index contributed by atoms with van der Waals surface area (Å²) in [4.78, 5) is 0. The van der Waals surface area contributed by atoms with Crippen LogP contribution >= 0.6 is 0 Å². The molecule has 0 amide bonds. The molecule has 0 fully saturated rings. The first-order valence-electron chi connectivity index (χ1n) is 5.97. The van der Waals surface area contributed by atoms with Crippen molar-refractivity contribution in [2.45, 2.75) is 33.7 Å². The van der Waals surface area contributed by atoms with E-state index in [1.165, 1.54) is 5.56 Å². The van der Waals surface area contributed by atoms with Crippen molar-refractivity contribution in [3.8, 4) is 17.0 Å². The Labute approximate surface area is 102 Å². The van der Waals surface area contributed by atoms with Crippen LogP contribution in [0.5, 0.6) is 5.75 Å². The number of aromatic hydroxyl groups is 1. The van der Waals surface area contributed by atoms with Crippen molar-refractivity contribution in [3.05, 3.63) is 35.5 Å². The predicted molar refractivity (Wildman–Crippen MR) is 69.1 cm³/mol. The lowest BCUT2D eigenvalue weighted by molar-refractivity contribution is 0.472. The highest BCUT2D eigenvalue weighted by Crippen LogP contribution is 2.32. The van der Waals surface area contributed by atoms with Crippen LogP contribution in [0.15, 0.2) is 24.3 Å². The summed E-state index contributed by atoms with van der Waals surface area (Å²) in [6.45, 7) is 6.81. The van der Waals surface area contributed by atoms with E-state index < -0.39 is 0 Å². The Morgan fingerprint density at radius 3 is 2.71 bits per heavy atom. The van der Waals surface area contributed by atoms with Crippen LogP contribution in [0.3, 0.4) is 0 Å². The second kappa shape index (κ2) is 4.62. The van der Waals surface area contributed by atoms with Crippen LogP contribution in [0, 0.1) is 13.8 Å². The minimum Gasteiger partial charge on any atom is -0.504 e. The highest BCUT2D eigenvalue weighted by atomic mass is 16.3. The van der Waals surface area contributed by atoms with Crippen molar-refractivity contribution in [3.63, 3.8) is 0 Å².